The zero-order valence-corrected chi connectivity index (χ0v) is 16.2. The van der Waals surface area contributed by atoms with Crippen LogP contribution in [-0.2, 0) is 11.2 Å². The van der Waals surface area contributed by atoms with Gasteiger partial charge in [0.25, 0.3) is 5.91 Å². The van der Waals surface area contributed by atoms with Crippen molar-refractivity contribution in [1.82, 2.24) is 26.0 Å². The number of amides is 2. The highest BCUT2D eigenvalue weighted by Gasteiger charge is 2.13. The molecule has 0 unspecified atom stereocenters. The molecule has 0 spiro atoms. The van der Waals surface area contributed by atoms with E-state index in [4.69, 9.17) is 0 Å². The normalized spacial score (nSPS) is 10.8. The zero-order chi connectivity index (χ0) is 19.5. The van der Waals surface area contributed by atoms with Crippen LogP contribution in [0.25, 0.3) is 22.2 Å². The number of hydrazine groups is 1. The van der Waals surface area contributed by atoms with Crippen LogP contribution in [-0.4, -0.2) is 27.0 Å². The third kappa shape index (κ3) is 3.81. The van der Waals surface area contributed by atoms with Crippen LogP contribution in [0.4, 0.5) is 0 Å². The Bertz CT molecular complexity index is 1150. The summed E-state index contributed by atoms with van der Waals surface area (Å²) in [6.45, 7) is 0. The maximum Gasteiger partial charge on any atom is 0.287 e. The van der Waals surface area contributed by atoms with Crippen molar-refractivity contribution in [2.75, 3.05) is 0 Å². The lowest BCUT2D eigenvalue weighted by Gasteiger charge is -2.05. The van der Waals surface area contributed by atoms with E-state index >= 15 is 0 Å². The molecular formula is C20H16BrN5O2. The summed E-state index contributed by atoms with van der Waals surface area (Å²) in [5.41, 5.74) is 8.44. The monoisotopic (exact) mass is 437 g/mol. The van der Waals surface area contributed by atoms with Gasteiger partial charge in [0.15, 0.2) is 0 Å². The summed E-state index contributed by atoms with van der Waals surface area (Å²) in [5.74, 6) is -0.783. The number of aromatic amines is 2. The maximum atomic E-state index is 12.3. The van der Waals surface area contributed by atoms with Crippen molar-refractivity contribution in [3.8, 4) is 11.3 Å². The Labute approximate surface area is 168 Å². The highest BCUT2D eigenvalue weighted by Crippen LogP contribution is 2.20. The fourth-order valence-corrected chi connectivity index (χ4v) is 3.16. The number of para-hydroxylation sites is 1. The molecule has 0 radical (unpaired) electrons. The van der Waals surface area contributed by atoms with Crippen molar-refractivity contribution in [2.24, 2.45) is 0 Å². The second kappa shape index (κ2) is 7.69. The fraction of sp³-hybridized carbons (Fsp3) is 0.0500. The topological polar surface area (TPSA) is 103 Å². The van der Waals surface area contributed by atoms with Crippen LogP contribution in [0.1, 0.15) is 16.1 Å². The van der Waals surface area contributed by atoms with Crippen LogP contribution in [0, 0.1) is 0 Å². The second-order valence-electron chi connectivity index (χ2n) is 6.21. The molecule has 2 heterocycles. The van der Waals surface area contributed by atoms with E-state index in [0.717, 1.165) is 26.5 Å². The fourth-order valence-electron chi connectivity index (χ4n) is 2.90. The van der Waals surface area contributed by atoms with Crippen molar-refractivity contribution < 1.29 is 9.59 Å². The Morgan fingerprint density at radius 3 is 2.64 bits per heavy atom. The first-order chi connectivity index (χ1) is 13.6. The molecule has 4 aromatic rings. The van der Waals surface area contributed by atoms with Gasteiger partial charge in [-0.1, -0.05) is 46.3 Å². The first kappa shape index (κ1) is 18.0. The Kier molecular flexibility index (Phi) is 4.94. The smallest absolute Gasteiger partial charge is 0.287 e. The predicted octanol–water partition coefficient (Wildman–Crippen LogP) is 3.32. The molecular weight excluding hydrogens is 422 g/mol. The van der Waals surface area contributed by atoms with Gasteiger partial charge in [0.05, 0.1) is 12.1 Å². The molecule has 2 aromatic heterocycles. The number of nitrogens with zero attached hydrogens (tertiary/aromatic N) is 1. The highest BCUT2D eigenvalue weighted by atomic mass is 79.9. The Hall–Kier alpha value is -3.39. The van der Waals surface area contributed by atoms with Gasteiger partial charge in [-0.05, 0) is 29.8 Å². The minimum absolute atomic E-state index is 0.150. The molecule has 0 atom stereocenters. The molecule has 0 aliphatic carbocycles. The van der Waals surface area contributed by atoms with E-state index in [-0.39, 0.29) is 18.0 Å². The molecule has 0 bridgehead atoms. The van der Waals surface area contributed by atoms with Crippen LogP contribution in [0.2, 0.25) is 0 Å². The third-order valence-corrected chi connectivity index (χ3v) is 4.83. The summed E-state index contributed by atoms with van der Waals surface area (Å²) in [4.78, 5) is 27.6. The average Bonchev–Trinajstić information content (AvgIpc) is 3.35. The molecule has 0 aliphatic rings. The number of carbonyl (C=O) groups is 2. The average molecular weight is 438 g/mol. The lowest BCUT2D eigenvalue weighted by Crippen LogP contribution is -2.42. The summed E-state index contributed by atoms with van der Waals surface area (Å²) < 4.78 is 0.961. The van der Waals surface area contributed by atoms with Crippen molar-refractivity contribution in [3.05, 3.63) is 76.5 Å². The van der Waals surface area contributed by atoms with Gasteiger partial charge < -0.3 is 4.98 Å². The van der Waals surface area contributed by atoms with Crippen LogP contribution in [0.5, 0.6) is 0 Å². The predicted molar refractivity (Wildman–Crippen MR) is 109 cm³/mol. The lowest BCUT2D eigenvalue weighted by molar-refractivity contribution is -0.121. The van der Waals surface area contributed by atoms with Gasteiger partial charge in [-0.2, -0.15) is 5.10 Å². The minimum Gasteiger partial charge on any atom is -0.361 e. The molecule has 4 N–H and O–H groups in total. The molecule has 0 aliphatic heterocycles. The summed E-state index contributed by atoms with van der Waals surface area (Å²) in [6, 6.07) is 16.9. The molecule has 7 nitrogen and oxygen atoms in total. The number of fused-ring (bicyclic) bond motifs is 1. The van der Waals surface area contributed by atoms with E-state index in [1.807, 2.05) is 48.5 Å². The number of rotatable bonds is 4. The van der Waals surface area contributed by atoms with Crippen molar-refractivity contribution in [1.29, 1.82) is 0 Å². The van der Waals surface area contributed by atoms with Crippen LogP contribution >= 0.6 is 15.9 Å². The molecule has 4 rings (SSSR count). The van der Waals surface area contributed by atoms with Gasteiger partial charge in [0, 0.05) is 27.1 Å². The summed E-state index contributed by atoms with van der Waals surface area (Å²) in [5, 5.41) is 7.81. The van der Waals surface area contributed by atoms with Crippen LogP contribution in [0.3, 0.4) is 0 Å². The van der Waals surface area contributed by atoms with Gasteiger partial charge in [-0.25, -0.2) is 0 Å². The molecule has 140 valence electrons. The molecule has 0 saturated heterocycles. The number of hydrogen-bond donors (Lipinski definition) is 4. The number of hydrogen-bond acceptors (Lipinski definition) is 3. The van der Waals surface area contributed by atoms with E-state index in [9.17, 15) is 9.59 Å². The van der Waals surface area contributed by atoms with E-state index in [2.05, 4.69) is 42.0 Å². The molecule has 8 heteroatoms. The van der Waals surface area contributed by atoms with E-state index in [0.29, 0.717) is 5.69 Å². The van der Waals surface area contributed by atoms with Gasteiger partial charge >= 0.3 is 0 Å². The first-order valence-corrected chi connectivity index (χ1v) is 9.35. The zero-order valence-electron chi connectivity index (χ0n) is 14.6. The number of aromatic nitrogens is 3. The Morgan fingerprint density at radius 1 is 1.04 bits per heavy atom. The lowest BCUT2D eigenvalue weighted by atomic mass is 10.1. The number of halogens is 1. The highest BCUT2D eigenvalue weighted by molar-refractivity contribution is 9.10. The van der Waals surface area contributed by atoms with E-state index in [1.54, 1.807) is 12.3 Å². The van der Waals surface area contributed by atoms with Crippen molar-refractivity contribution in [2.45, 2.75) is 6.42 Å². The molecule has 2 aromatic carbocycles. The Morgan fingerprint density at radius 2 is 1.82 bits per heavy atom. The third-order valence-electron chi connectivity index (χ3n) is 4.30. The van der Waals surface area contributed by atoms with Crippen LogP contribution < -0.4 is 10.9 Å². The number of H-pyrrole nitrogens is 2. The maximum absolute atomic E-state index is 12.3. The second-order valence-corrected chi connectivity index (χ2v) is 7.13. The number of nitrogens with one attached hydrogen (secondary N) is 4. The van der Waals surface area contributed by atoms with Gasteiger partial charge in [0.2, 0.25) is 5.91 Å². The van der Waals surface area contributed by atoms with Crippen molar-refractivity contribution >= 4 is 38.6 Å². The standard InChI is InChI=1S/C20H16BrN5O2/c21-14-7-5-12(6-8-14)17-10-18(24-23-17)20(28)26-25-19(27)9-13-11-22-16-4-2-1-3-15(13)16/h1-8,10-11,22H,9H2,(H,23,24)(H,25,27)(H,26,28). The Balaban J connectivity index is 1.36. The SMILES string of the molecule is O=C(Cc1c[nH]c2ccccc12)NNC(=O)c1cc(-c2ccc(Br)cc2)n[nH]1. The number of carbonyl (C=O) groups excluding carboxylic acids is 2. The van der Waals surface area contributed by atoms with Gasteiger partial charge in [0.1, 0.15) is 5.69 Å². The first-order valence-electron chi connectivity index (χ1n) is 8.55. The van der Waals surface area contributed by atoms with Gasteiger partial charge in [-0.15, -0.1) is 0 Å². The summed E-state index contributed by atoms with van der Waals surface area (Å²) in [6.07, 6.45) is 1.95. The summed E-state index contributed by atoms with van der Waals surface area (Å²) >= 11 is 3.38. The van der Waals surface area contributed by atoms with E-state index < -0.39 is 5.91 Å². The van der Waals surface area contributed by atoms with Crippen LogP contribution in [0.15, 0.2) is 65.3 Å². The van der Waals surface area contributed by atoms with E-state index in [1.165, 1.54) is 0 Å². The largest absolute Gasteiger partial charge is 0.361 e. The summed E-state index contributed by atoms with van der Waals surface area (Å²) in [7, 11) is 0. The molecule has 2 amide bonds. The molecule has 0 saturated carbocycles. The number of benzene rings is 2. The van der Waals surface area contributed by atoms with Crippen molar-refractivity contribution in [3.63, 3.8) is 0 Å². The minimum atomic E-state index is -0.469. The van der Waals surface area contributed by atoms with Gasteiger partial charge in [-0.3, -0.25) is 25.5 Å². The quantitative estimate of drug-likeness (QED) is 0.368. The molecule has 0 fully saturated rings. The molecule has 28 heavy (non-hydrogen) atoms.